The maximum absolute atomic E-state index is 14.3. The molecule has 0 heterocycles. The number of nitrogens with one attached hydrogen (secondary N) is 2. The summed E-state index contributed by atoms with van der Waals surface area (Å²) in [6.45, 7) is 1.76. The average molecular weight is 319 g/mol. The third kappa shape index (κ3) is 3.07. The molecule has 0 aromatic heterocycles. The summed E-state index contributed by atoms with van der Waals surface area (Å²) in [6.07, 6.45) is 2.19. The number of amides is 1. The fourth-order valence-electron chi connectivity index (χ4n) is 2.19. The zero-order valence-electron chi connectivity index (χ0n) is 12.1. The Bertz CT molecular complexity index is 714. The lowest BCUT2D eigenvalue weighted by atomic mass is 10.1. The average Bonchev–Trinajstić information content (AvgIpc) is 3.34. The number of benzene rings is 2. The molecule has 1 fully saturated rings. The molecule has 2 N–H and O–H groups in total. The summed E-state index contributed by atoms with van der Waals surface area (Å²) in [5.41, 5.74) is 1.98. The molecule has 22 heavy (non-hydrogen) atoms. The van der Waals surface area contributed by atoms with Crippen molar-refractivity contribution in [2.45, 2.75) is 25.8 Å². The van der Waals surface area contributed by atoms with E-state index in [0.29, 0.717) is 17.2 Å². The summed E-state index contributed by atoms with van der Waals surface area (Å²) in [4.78, 5) is 12.2. The summed E-state index contributed by atoms with van der Waals surface area (Å²) in [7, 11) is 0. The van der Waals surface area contributed by atoms with E-state index in [0.717, 1.165) is 18.5 Å². The fraction of sp³-hybridized carbons (Fsp3) is 0.235. The minimum absolute atomic E-state index is 0.0361. The molecule has 1 saturated carbocycles. The van der Waals surface area contributed by atoms with Gasteiger partial charge in [0.1, 0.15) is 0 Å². The molecule has 3 nitrogen and oxygen atoms in total. The van der Waals surface area contributed by atoms with Crippen LogP contribution in [-0.4, -0.2) is 11.9 Å². The van der Waals surface area contributed by atoms with Crippen molar-refractivity contribution in [3.05, 3.63) is 58.4 Å². The highest BCUT2D eigenvalue weighted by molar-refractivity contribution is 6.32. The molecule has 2 aromatic carbocycles. The van der Waals surface area contributed by atoms with Crippen LogP contribution in [0.4, 0.5) is 15.8 Å². The zero-order chi connectivity index (χ0) is 15.7. The number of anilines is 2. The molecule has 0 bridgehead atoms. The van der Waals surface area contributed by atoms with E-state index in [2.05, 4.69) is 10.6 Å². The largest absolute Gasteiger partial charge is 0.382 e. The van der Waals surface area contributed by atoms with Crippen LogP contribution < -0.4 is 10.6 Å². The second-order valence-electron chi connectivity index (χ2n) is 5.46. The molecule has 1 aliphatic rings. The zero-order valence-corrected chi connectivity index (χ0v) is 12.9. The molecule has 2 aromatic rings. The van der Waals surface area contributed by atoms with Crippen molar-refractivity contribution < 1.29 is 9.18 Å². The molecule has 0 spiro atoms. The van der Waals surface area contributed by atoms with Gasteiger partial charge in [-0.05, 0) is 43.5 Å². The van der Waals surface area contributed by atoms with Crippen LogP contribution >= 0.6 is 11.6 Å². The van der Waals surface area contributed by atoms with Gasteiger partial charge < -0.3 is 10.6 Å². The maximum Gasteiger partial charge on any atom is 0.255 e. The SMILES string of the molecule is Cc1c(NC2CC2)cc(NC(=O)c2ccccc2)c(F)c1Cl. The van der Waals surface area contributed by atoms with Gasteiger partial charge in [-0.3, -0.25) is 4.79 Å². The van der Waals surface area contributed by atoms with Crippen LogP contribution in [0, 0.1) is 12.7 Å². The van der Waals surface area contributed by atoms with Crippen LogP contribution in [0.5, 0.6) is 0 Å². The normalized spacial score (nSPS) is 13.8. The molecule has 1 aliphatic carbocycles. The van der Waals surface area contributed by atoms with E-state index < -0.39 is 5.82 Å². The minimum Gasteiger partial charge on any atom is -0.382 e. The predicted octanol–water partition coefficient (Wildman–Crippen LogP) is 4.61. The molecule has 3 rings (SSSR count). The quantitative estimate of drug-likeness (QED) is 0.864. The third-order valence-corrected chi connectivity index (χ3v) is 4.12. The summed E-state index contributed by atoms with van der Waals surface area (Å²) < 4.78 is 14.3. The minimum atomic E-state index is -0.607. The number of hydrogen-bond acceptors (Lipinski definition) is 2. The Balaban J connectivity index is 1.89. The molecule has 0 radical (unpaired) electrons. The lowest BCUT2D eigenvalue weighted by Crippen LogP contribution is -2.14. The fourth-order valence-corrected chi connectivity index (χ4v) is 2.39. The predicted molar refractivity (Wildman–Crippen MR) is 87.2 cm³/mol. The molecule has 5 heteroatoms. The van der Waals surface area contributed by atoms with E-state index in [4.69, 9.17) is 11.6 Å². The number of carbonyl (C=O) groups is 1. The van der Waals surface area contributed by atoms with Crippen molar-refractivity contribution in [2.24, 2.45) is 0 Å². The lowest BCUT2D eigenvalue weighted by molar-refractivity contribution is 0.102. The van der Waals surface area contributed by atoms with E-state index >= 15 is 0 Å². The second kappa shape index (κ2) is 5.97. The molecular formula is C17H16ClFN2O. The number of hydrogen-bond donors (Lipinski definition) is 2. The standard InChI is InChI=1S/C17H16ClFN2O/c1-10-13(20-12-7-8-12)9-14(16(19)15(10)18)21-17(22)11-5-3-2-4-6-11/h2-6,9,12,20H,7-8H2,1H3,(H,21,22). The van der Waals surface area contributed by atoms with Gasteiger partial charge in [0, 0.05) is 17.3 Å². The van der Waals surface area contributed by atoms with Gasteiger partial charge in [-0.1, -0.05) is 29.8 Å². The van der Waals surface area contributed by atoms with Crippen molar-refractivity contribution in [1.82, 2.24) is 0 Å². The molecular weight excluding hydrogens is 303 g/mol. The third-order valence-electron chi connectivity index (χ3n) is 3.67. The van der Waals surface area contributed by atoms with E-state index in [1.165, 1.54) is 0 Å². The van der Waals surface area contributed by atoms with Crippen LogP contribution in [0.25, 0.3) is 0 Å². The Labute approximate surface area is 133 Å². The molecule has 1 amide bonds. The highest BCUT2D eigenvalue weighted by atomic mass is 35.5. The molecule has 114 valence electrons. The summed E-state index contributed by atoms with van der Waals surface area (Å²) in [5, 5.41) is 5.93. The summed E-state index contributed by atoms with van der Waals surface area (Å²) in [5.74, 6) is -0.971. The molecule has 0 atom stereocenters. The Morgan fingerprint density at radius 2 is 1.91 bits per heavy atom. The van der Waals surface area contributed by atoms with E-state index in [1.54, 1.807) is 37.3 Å². The van der Waals surface area contributed by atoms with Crippen LogP contribution in [0.15, 0.2) is 36.4 Å². The van der Waals surface area contributed by atoms with Crippen LogP contribution in [-0.2, 0) is 0 Å². The van der Waals surface area contributed by atoms with Gasteiger partial charge in [-0.25, -0.2) is 4.39 Å². The van der Waals surface area contributed by atoms with Gasteiger partial charge in [0.25, 0.3) is 5.91 Å². The van der Waals surface area contributed by atoms with Gasteiger partial charge in [-0.15, -0.1) is 0 Å². The van der Waals surface area contributed by atoms with Crippen LogP contribution in [0.1, 0.15) is 28.8 Å². The van der Waals surface area contributed by atoms with Crippen molar-refractivity contribution in [3.8, 4) is 0 Å². The number of carbonyl (C=O) groups excluding carboxylic acids is 1. The Morgan fingerprint density at radius 3 is 2.55 bits per heavy atom. The van der Waals surface area contributed by atoms with Crippen molar-refractivity contribution in [1.29, 1.82) is 0 Å². The topological polar surface area (TPSA) is 41.1 Å². The van der Waals surface area contributed by atoms with Crippen molar-refractivity contribution in [3.63, 3.8) is 0 Å². The van der Waals surface area contributed by atoms with Crippen molar-refractivity contribution >= 4 is 28.9 Å². The molecule has 0 saturated heterocycles. The first-order valence-electron chi connectivity index (χ1n) is 7.18. The van der Waals surface area contributed by atoms with Gasteiger partial charge >= 0.3 is 0 Å². The van der Waals surface area contributed by atoms with Crippen LogP contribution in [0.2, 0.25) is 5.02 Å². The van der Waals surface area contributed by atoms with Crippen molar-refractivity contribution in [2.75, 3.05) is 10.6 Å². The van der Waals surface area contributed by atoms with Gasteiger partial charge in [0.05, 0.1) is 10.7 Å². The first-order valence-corrected chi connectivity index (χ1v) is 7.55. The first kappa shape index (κ1) is 14.9. The highest BCUT2D eigenvalue weighted by Crippen LogP contribution is 2.35. The lowest BCUT2D eigenvalue weighted by Gasteiger charge is -2.15. The van der Waals surface area contributed by atoms with E-state index in [-0.39, 0.29) is 16.6 Å². The Kier molecular flexibility index (Phi) is 4.03. The Hall–Kier alpha value is -2.07. The summed E-state index contributed by atoms with van der Waals surface area (Å²) >= 11 is 6.05. The van der Waals surface area contributed by atoms with Crippen LogP contribution in [0.3, 0.4) is 0 Å². The smallest absolute Gasteiger partial charge is 0.255 e. The Morgan fingerprint density at radius 1 is 1.23 bits per heavy atom. The van der Waals surface area contributed by atoms with Gasteiger partial charge in [-0.2, -0.15) is 0 Å². The second-order valence-corrected chi connectivity index (χ2v) is 5.84. The van der Waals surface area contributed by atoms with E-state index in [1.807, 2.05) is 6.07 Å². The van der Waals surface area contributed by atoms with E-state index in [9.17, 15) is 9.18 Å². The highest BCUT2D eigenvalue weighted by Gasteiger charge is 2.24. The monoisotopic (exact) mass is 318 g/mol. The van der Waals surface area contributed by atoms with Gasteiger partial charge in [0.15, 0.2) is 5.82 Å². The summed E-state index contributed by atoms with van der Waals surface area (Å²) in [6, 6.07) is 10.7. The first-order chi connectivity index (χ1) is 10.6. The number of halogens is 2. The molecule has 0 aliphatic heterocycles. The molecule has 0 unspecified atom stereocenters. The van der Waals surface area contributed by atoms with Gasteiger partial charge in [0.2, 0.25) is 0 Å². The maximum atomic E-state index is 14.3. The number of rotatable bonds is 4.